The van der Waals surface area contributed by atoms with E-state index < -0.39 is 5.97 Å². The van der Waals surface area contributed by atoms with E-state index in [0.717, 1.165) is 30.0 Å². The Balaban J connectivity index is 2.09. The SMILES string of the molecule is O=C(O)CCCCCSc1cccc(Cl)c1. The highest BCUT2D eigenvalue weighted by molar-refractivity contribution is 7.99. The highest BCUT2D eigenvalue weighted by Crippen LogP contribution is 2.22. The van der Waals surface area contributed by atoms with Gasteiger partial charge in [0.1, 0.15) is 0 Å². The van der Waals surface area contributed by atoms with Gasteiger partial charge in [-0.2, -0.15) is 0 Å². The number of rotatable bonds is 7. The van der Waals surface area contributed by atoms with E-state index in [2.05, 4.69) is 0 Å². The lowest BCUT2D eigenvalue weighted by Gasteiger charge is -2.01. The minimum absolute atomic E-state index is 0.280. The lowest BCUT2D eigenvalue weighted by molar-refractivity contribution is -0.137. The first-order chi connectivity index (χ1) is 7.68. The Kier molecular flexibility index (Phi) is 6.34. The van der Waals surface area contributed by atoms with Gasteiger partial charge in [0, 0.05) is 16.3 Å². The van der Waals surface area contributed by atoms with E-state index >= 15 is 0 Å². The van der Waals surface area contributed by atoms with Crippen molar-refractivity contribution in [3.05, 3.63) is 29.3 Å². The van der Waals surface area contributed by atoms with Gasteiger partial charge in [0.15, 0.2) is 0 Å². The lowest BCUT2D eigenvalue weighted by Crippen LogP contribution is -1.93. The number of hydrogen-bond acceptors (Lipinski definition) is 2. The molecule has 16 heavy (non-hydrogen) atoms. The largest absolute Gasteiger partial charge is 0.481 e. The summed E-state index contributed by atoms with van der Waals surface area (Å²) in [4.78, 5) is 11.4. The Labute approximate surface area is 105 Å². The molecule has 2 nitrogen and oxygen atoms in total. The summed E-state index contributed by atoms with van der Waals surface area (Å²) >= 11 is 7.63. The zero-order valence-corrected chi connectivity index (χ0v) is 10.6. The normalized spacial score (nSPS) is 10.3. The summed E-state index contributed by atoms with van der Waals surface area (Å²) in [5, 5.41) is 9.22. The Morgan fingerprint density at radius 1 is 1.31 bits per heavy atom. The Morgan fingerprint density at radius 2 is 2.12 bits per heavy atom. The van der Waals surface area contributed by atoms with Crippen molar-refractivity contribution in [2.24, 2.45) is 0 Å². The fourth-order valence-corrected chi connectivity index (χ4v) is 2.53. The van der Waals surface area contributed by atoms with Crippen LogP contribution in [0.25, 0.3) is 0 Å². The maximum atomic E-state index is 10.3. The number of carbonyl (C=O) groups is 1. The molecule has 0 aliphatic carbocycles. The molecule has 0 aliphatic rings. The van der Waals surface area contributed by atoms with Gasteiger partial charge in [0.05, 0.1) is 0 Å². The van der Waals surface area contributed by atoms with Crippen molar-refractivity contribution in [1.29, 1.82) is 0 Å². The average Bonchev–Trinajstić information content (AvgIpc) is 2.23. The molecule has 1 aromatic carbocycles. The molecule has 1 aromatic rings. The van der Waals surface area contributed by atoms with Gasteiger partial charge in [-0.1, -0.05) is 24.1 Å². The summed E-state index contributed by atoms with van der Waals surface area (Å²) in [6.07, 6.45) is 3.07. The Morgan fingerprint density at radius 3 is 2.81 bits per heavy atom. The van der Waals surface area contributed by atoms with Crippen LogP contribution in [0.5, 0.6) is 0 Å². The molecule has 0 amide bonds. The van der Waals surface area contributed by atoms with E-state index in [1.807, 2.05) is 24.3 Å². The zero-order chi connectivity index (χ0) is 11.8. The zero-order valence-electron chi connectivity index (χ0n) is 8.99. The molecule has 4 heteroatoms. The molecule has 0 aromatic heterocycles. The van der Waals surface area contributed by atoms with Crippen molar-refractivity contribution in [2.45, 2.75) is 30.6 Å². The molecule has 0 radical (unpaired) electrons. The van der Waals surface area contributed by atoms with E-state index in [9.17, 15) is 4.79 Å². The van der Waals surface area contributed by atoms with Gasteiger partial charge in [-0.05, 0) is 36.8 Å². The molecule has 0 saturated carbocycles. The minimum atomic E-state index is -0.706. The van der Waals surface area contributed by atoms with Gasteiger partial charge in [-0.3, -0.25) is 4.79 Å². The van der Waals surface area contributed by atoms with Crippen LogP contribution < -0.4 is 0 Å². The van der Waals surface area contributed by atoms with Crippen LogP contribution in [0.2, 0.25) is 5.02 Å². The molecule has 0 heterocycles. The molecular formula is C12H15ClO2S. The highest BCUT2D eigenvalue weighted by Gasteiger charge is 1.98. The Hall–Kier alpha value is -0.670. The molecule has 0 saturated heterocycles. The van der Waals surface area contributed by atoms with Gasteiger partial charge < -0.3 is 5.11 Å². The van der Waals surface area contributed by atoms with Crippen LogP contribution in [0.1, 0.15) is 25.7 Å². The molecule has 1 N–H and O–H groups in total. The third-order valence-electron chi connectivity index (χ3n) is 2.10. The number of halogens is 1. The van der Waals surface area contributed by atoms with Crippen molar-refractivity contribution in [3.8, 4) is 0 Å². The quantitative estimate of drug-likeness (QED) is 0.592. The summed E-state index contributed by atoms with van der Waals surface area (Å²) in [6.45, 7) is 0. The molecule has 1 rings (SSSR count). The van der Waals surface area contributed by atoms with E-state index in [1.54, 1.807) is 11.8 Å². The number of carboxylic acids is 1. The van der Waals surface area contributed by atoms with Crippen LogP contribution in [0.3, 0.4) is 0 Å². The fourth-order valence-electron chi connectivity index (χ4n) is 1.30. The molecule has 0 unspecified atom stereocenters. The third kappa shape index (κ3) is 6.03. The number of hydrogen-bond donors (Lipinski definition) is 1. The summed E-state index contributed by atoms with van der Waals surface area (Å²) in [5.41, 5.74) is 0. The van der Waals surface area contributed by atoms with Gasteiger partial charge in [-0.15, -0.1) is 11.8 Å². The second-order valence-electron chi connectivity index (χ2n) is 3.51. The summed E-state index contributed by atoms with van der Waals surface area (Å²) in [5.74, 6) is 0.308. The van der Waals surface area contributed by atoms with Crippen molar-refractivity contribution >= 4 is 29.3 Å². The van der Waals surface area contributed by atoms with Crippen molar-refractivity contribution < 1.29 is 9.90 Å². The number of thioether (sulfide) groups is 1. The van der Waals surface area contributed by atoms with Crippen molar-refractivity contribution in [1.82, 2.24) is 0 Å². The Bertz CT molecular complexity index is 342. The molecule has 0 aliphatic heterocycles. The summed E-state index contributed by atoms with van der Waals surface area (Å²) in [7, 11) is 0. The summed E-state index contributed by atoms with van der Waals surface area (Å²) < 4.78 is 0. The standard InChI is InChI=1S/C12H15ClO2S/c13-10-5-4-6-11(9-10)16-8-3-1-2-7-12(14)15/h4-6,9H,1-3,7-8H2,(H,14,15). The molecule has 0 bridgehead atoms. The second-order valence-corrected chi connectivity index (χ2v) is 5.11. The third-order valence-corrected chi connectivity index (χ3v) is 3.41. The molecule has 0 fully saturated rings. The van der Waals surface area contributed by atoms with Crippen molar-refractivity contribution in [2.75, 3.05) is 5.75 Å². The first kappa shape index (κ1) is 13.4. The number of benzene rings is 1. The predicted molar refractivity (Wildman–Crippen MR) is 68.3 cm³/mol. The first-order valence-electron chi connectivity index (χ1n) is 5.28. The van der Waals surface area contributed by atoms with E-state index in [0.29, 0.717) is 0 Å². The predicted octanol–water partition coefficient (Wildman–Crippen LogP) is 4.08. The number of aliphatic carboxylic acids is 1. The highest BCUT2D eigenvalue weighted by atomic mass is 35.5. The van der Waals surface area contributed by atoms with Gasteiger partial charge in [0.25, 0.3) is 0 Å². The van der Waals surface area contributed by atoms with Crippen LogP contribution in [-0.2, 0) is 4.79 Å². The second kappa shape index (κ2) is 7.58. The van der Waals surface area contributed by atoms with Gasteiger partial charge >= 0.3 is 5.97 Å². The van der Waals surface area contributed by atoms with Crippen LogP contribution in [-0.4, -0.2) is 16.8 Å². The van der Waals surface area contributed by atoms with Crippen molar-refractivity contribution in [3.63, 3.8) is 0 Å². The van der Waals surface area contributed by atoms with Crippen LogP contribution in [0.4, 0.5) is 0 Å². The lowest BCUT2D eigenvalue weighted by atomic mass is 10.2. The fraction of sp³-hybridized carbons (Fsp3) is 0.417. The first-order valence-corrected chi connectivity index (χ1v) is 6.65. The summed E-state index contributed by atoms with van der Waals surface area (Å²) in [6, 6.07) is 7.78. The number of unbranched alkanes of at least 4 members (excludes halogenated alkanes) is 2. The van der Waals surface area contributed by atoms with E-state index in [1.165, 1.54) is 4.90 Å². The monoisotopic (exact) mass is 258 g/mol. The van der Waals surface area contributed by atoms with Gasteiger partial charge in [-0.25, -0.2) is 0 Å². The maximum Gasteiger partial charge on any atom is 0.303 e. The smallest absolute Gasteiger partial charge is 0.303 e. The van der Waals surface area contributed by atoms with Gasteiger partial charge in [0.2, 0.25) is 0 Å². The maximum absolute atomic E-state index is 10.3. The van der Waals surface area contributed by atoms with Crippen LogP contribution in [0, 0.1) is 0 Å². The van der Waals surface area contributed by atoms with E-state index in [-0.39, 0.29) is 6.42 Å². The van der Waals surface area contributed by atoms with Crippen LogP contribution >= 0.6 is 23.4 Å². The molecule has 0 spiro atoms. The van der Waals surface area contributed by atoms with Crippen LogP contribution in [0.15, 0.2) is 29.2 Å². The number of carboxylic acid groups (broad SMARTS) is 1. The minimum Gasteiger partial charge on any atom is -0.481 e. The topological polar surface area (TPSA) is 37.3 Å². The molecule has 88 valence electrons. The van der Waals surface area contributed by atoms with E-state index in [4.69, 9.17) is 16.7 Å². The molecular weight excluding hydrogens is 244 g/mol. The average molecular weight is 259 g/mol. The molecule has 0 atom stereocenters.